The Hall–Kier alpha value is -0.490. The number of hydrogen-bond acceptors (Lipinski definition) is 5. The van der Waals surface area contributed by atoms with E-state index in [1.807, 2.05) is 0 Å². The van der Waals surface area contributed by atoms with E-state index in [0.29, 0.717) is 6.79 Å². The van der Waals surface area contributed by atoms with Crippen LogP contribution < -0.4 is 0 Å². The highest BCUT2D eigenvalue weighted by atomic mass is 16.7. The number of ether oxygens (including phenoxy) is 4. The highest BCUT2D eigenvalue weighted by Crippen LogP contribution is 2.33. The van der Waals surface area contributed by atoms with Gasteiger partial charge in [-0.1, -0.05) is 58.3 Å². The first-order valence-corrected chi connectivity index (χ1v) is 11.1. The summed E-state index contributed by atoms with van der Waals surface area (Å²) in [4.78, 5) is 10.9. The van der Waals surface area contributed by atoms with Gasteiger partial charge in [-0.3, -0.25) is 0 Å². The van der Waals surface area contributed by atoms with Crippen LogP contribution in [-0.4, -0.2) is 50.7 Å². The Morgan fingerprint density at radius 2 is 1.59 bits per heavy atom. The molecule has 0 aliphatic carbocycles. The third-order valence-electron chi connectivity index (χ3n) is 5.89. The third kappa shape index (κ3) is 8.18. The molecule has 0 saturated carbocycles. The molecule has 0 N–H and O–H groups in total. The maximum atomic E-state index is 10.9. The van der Waals surface area contributed by atoms with Gasteiger partial charge in [0.1, 0.15) is 19.2 Å². The second-order valence-electron chi connectivity index (χ2n) is 8.09. The predicted molar refractivity (Wildman–Crippen MR) is 106 cm³/mol. The molecule has 27 heavy (non-hydrogen) atoms. The van der Waals surface area contributed by atoms with Crippen molar-refractivity contribution >= 4 is 6.29 Å². The largest absolute Gasteiger partial charge is 0.370 e. The van der Waals surface area contributed by atoms with Crippen LogP contribution in [0.2, 0.25) is 0 Å². The zero-order valence-electron chi connectivity index (χ0n) is 17.4. The van der Waals surface area contributed by atoms with Gasteiger partial charge < -0.3 is 23.7 Å². The summed E-state index contributed by atoms with van der Waals surface area (Å²) in [6.45, 7) is 2.58. The number of unbranched alkanes of at least 4 members (excludes halogenated alkanes) is 7. The Labute approximate surface area is 165 Å². The van der Waals surface area contributed by atoms with Crippen LogP contribution in [0.15, 0.2) is 0 Å². The van der Waals surface area contributed by atoms with Gasteiger partial charge in [0, 0.05) is 7.11 Å². The van der Waals surface area contributed by atoms with Crippen LogP contribution in [0.25, 0.3) is 0 Å². The lowest BCUT2D eigenvalue weighted by atomic mass is 10.0. The van der Waals surface area contributed by atoms with Gasteiger partial charge in [-0.15, -0.1) is 0 Å². The summed E-state index contributed by atoms with van der Waals surface area (Å²) in [6, 6.07) is 0. The molecule has 0 aromatic rings. The van der Waals surface area contributed by atoms with Crippen molar-refractivity contribution in [2.75, 3.05) is 13.9 Å². The van der Waals surface area contributed by atoms with Crippen molar-refractivity contribution in [2.45, 2.75) is 121 Å². The van der Waals surface area contributed by atoms with E-state index < -0.39 is 0 Å². The fourth-order valence-electron chi connectivity index (χ4n) is 4.31. The number of hydrogen-bond donors (Lipinski definition) is 0. The molecule has 0 bridgehead atoms. The fourth-order valence-corrected chi connectivity index (χ4v) is 4.31. The molecule has 2 aliphatic heterocycles. The van der Waals surface area contributed by atoms with Crippen LogP contribution in [0.5, 0.6) is 0 Å². The van der Waals surface area contributed by atoms with E-state index in [4.69, 9.17) is 18.9 Å². The average molecular weight is 385 g/mol. The highest BCUT2D eigenvalue weighted by molar-refractivity contribution is 5.56. The molecule has 0 amide bonds. The lowest BCUT2D eigenvalue weighted by molar-refractivity contribution is -0.144. The maximum Gasteiger partial charge on any atom is 0.148 e. The minimum atomic E-state index is -0.240. The van der Waals surface area contributed by atoms with E-state index in [9.17, 15) is 4.79 Å². The van der Waals surface area contributed by atoms with Crippen LogP contribution in [0.4, 0.5) is 0 Å². The molecule has 158 valence electrons. The van der Waals surface area contributed by atoms with Crippen molar-refractivity contribution in [3.63, 3.8) is 0 Å². The normalized spacial score (nSPS) is 29.3. The first-order chi connectivity index (χ1) is 13.3. The smallest absolute Gasteiger partial charge is 0.148 e. The van der Waals surface area contributed by atoms with Crippen molar-refractivity contribution in [1.29, 1.82) is 0 Å². The lowest BCUT2D eigenvalue weighted by Gasteiger charge is -2.25. The number of aldehydes is 1. The molecule has 2 fully saturated rings. The Balaban J connectivity index is 1.66. The van der Waals surface area contributed by atoms with Crippen LogP contribution in [0.3, 0.4) is 0 Å². The molecule has 0 aromatic carbocycles. The summed E-state index contributed by atoms with van der Waals surface area (Å²) >= 11 is 0. The number of carbonyl (C=O) groups excluding carboxylic acids is 1. The molecule has 0 unspecified atom stereocenters. The quantitative estimate of drug-likeness (QED) is 0.231. The monoisotopic (exact) mass is 384 g/mol. The minimum absolute atomic E-state index is 0.0661. The second-order valence-corrected chi connectivity index (χ2v) is 8.09. The molecule has 2 saturated heterocycles. The van der Waals surface area contributed by atoms with Crippen LogP contribution in [-0.2, 0) is 23.7 Å². The molecule has 2 aliphatic rings. The van der Waals surface area contributed by atoms with Crippen molar-refractivity contribution in [3.8, 4) is 0 Å². The van der Waals surface area contributed by atoms with Crippen molar-refractivity contribution in [1.82, 2.24) is 0 Å². The van der Waals surface area contributed by atoms with Crippen molar-refractivity contribution in [3.05, 3.63) is 0 Å². The van der Waals surface area contributed by atoms with Crippen LogP contribution in [0, 0.1) is 0 Å². The van der Waals surface area contributed by atoms with Gasteiger partial charge in [-0.05, 0) is 32.1 Å². The Morgan fingerprint density at radius 1 is 0.926 bits per heavy atom. The van der Waals surface area contributed by atoms with E-state index in [1.165, 1.54) is 51.4 Å². The first-order valence-electron chi connectivity index (χ1n) is 11.1. The molecular weight excluding hydrogens is 344 g/mol. The third-order valence-corrected chi connectivity index (χ3v) is 5.89. The predicted octanol–water partition coefficient (Wildman–Crippen LogP) is 4.80. The Morgan fingerprint density at radius 3 is 2.26 bits per heavy atom. The summed E-state index contributed by atoms with van der Waals surface area (Å²) in [6.07, 6.45) is 16.4. The van der Waals surface area contributed by atoms with Gasteiger partial charge in [0.2, 0.25) is 0 Å². The Kier molecular flexibility index (Phi) is 11.5. The molecule has 0 aromatic heterocycles. The van der Waals surface area contributed by atoms with E-state index in [1.54, 1.807) is 7.11 Å². The van der Waals surface area contributed by atoms with Gasteiger partial charge in [-0.25, -0.2) is 0 Å². The summed E-state index contributed by atoms with van der Waals surface area (Å²) in [5, 5.41) is 0. The molecule has 2 heterocycles. The zero-order chi connectivity index (χ0) is 19.3. The molecule has 5 heteroatoms. The maximum absolute atomic E-state index is 10.9. The molecular formula is C22H40O5. The van der Waals surface area contributed by atoms with E-state index in [-0.39, 0.29) is 30.5 Å². The minimum Gasteiger partial charge on any atom is -0.370 e. The summed E-state index contributed by atoms with van der Waals surface area (Å²) in [5.74, 6) is 0. The van der Waals surface area contributed by atoms with E-state index in [0.717, 1.165) is 38.4 Å². The average Bonchev–Trinajstić information content (AvgIpc) is 3.35. The number of carbonyl (C=O) groups is 1. The fraction of sp³-hybridized carbons (Fsp3) is 0.955. The van der Waals surface area contributed by atoms with E-state index in [2.05, 4.69) is 6.92 Å². The summed E-state index contributed by atoms with van der Waals surface area (Å²) in [5.41, 5.74) is 0. The SMILES string of the molecule is CCCCCCCCCC[C@@H](OCOC)[C@H]1CC[C@H]([C@H]2CC[C@H](C=O)O2)O1. The topological polar surface area (TPSA) is 54.0 Å². The van der Waals surface area contributed by atoms with Gasteiger partial charge in [-0.2, -0.15) is 0 Å². The van der Waals surface area contributed by atoms with Crippen molar-refractivity contribution < 1.29 is 23.7 Å². The van der Waals surface area contributed by atoms with E-state index >= 15 is 0 Å². The molecule has 0 radical (unpaired) electrons. The summed E-state index contributed by atoms with van der Waals surface area (Å²) in [7, 11) is 1.66. The standard InChI is InChI=1S/C22H40O5/c1-3-4-5-6-7-8-9-10-11-19(25-17-24-2)20-14-15-22(27-20)21-13-12-18(16-23)26-21/h16,18-22H,3-15,17H2,1-2H3/t18-,19-,20-,21-,22-/m1/s1. The van der Waals surface area contributed by atoms with Crippen LogP contribution >= 0.6 is 0 Å². The van der Waals surface area contributed by atoms with Crippen LogP contribution in [0.1, 0.15) is 90.4 Å². The summed E-state index contributed by atoms with van der Waals surface area (Å²) < 4.78 is 23.2. The Bertz CT molecular complexity index is 389. The van der Waals surface area contributed by atoms with Gasteiger partial charge in [0.15, 0.2) is 0 Å². The molecule has 5 atom stereocenters. The molecule has 5 nitrogen and oxygen atoms in total. The lowest BCUT2D eigenvalue weighted by Crippen LogP contribution is -2.33. The van der Waals surface area contributed by atoms with Crippen molar-refractivity contribution in [2.24, 2.45) is 0 Å². The second kappa shape index (κ2) is 13.6. The number of methoxy groups -OCH3 is 1. The van der Waals surface area contributed by atoms with Gasteiger partial charge in [0.25, 0.3) is 0 Å². The molecule has 2 rings (SSSR count). The zero-order valence-corrected chi connectivity index (χ0v) is 17.4. The molecule has 0 spiro atoms. The number of rotatable bonds is 15. The highest BCUT2D eigenvalue weighted by Gasteiger charge is 2.39. The first kappa shape index (κ1) is 22.8. The van der Waals surface area contributed by atoms with Gasteiger partial charge >= 0.3 is 0 Å². The van der Waals surface area contributed by atoms with Gasteiger partial charge in [0.05, 0.1) is 24.4 Å².